The van der Waals surface area contributed by atoms with Gasteiger partial charge in [-0.15, -0.1) is 0 Å². The molecule has 7 nitrogen and oxygen atoms in total. The zero-order valence-corrected chi connectivity index (χ0v) is 18.4. The lowest BCUT2D eigenvalue weighted by atomic mass is 10.1. The van der Waals surface area contributed by atoms with Crippen LogP contribution in [0.25, 0.3) is 0 Å². The summed E-state index contributed by atoms with van der Waals surface area (Å²) < 4.78 is 10.5. The quantitative estimate of drug-likeness (QED) is 0.522. The first-order chi connectivity index (χ1) is 15.5. The fourth-order valence-corrected chi connectivity index (χ4v) is 3.27. The lowest BCUT2D eigenvalue weighted by molar-refractivity contribution is -0.114. The zero-order chi connectivity index (χ0) is 22.9. The molecule has 0 heterocycles. The maximum absolute atomic E-state index is 13.0. The van der Waals surface area contributed by atoms with E-state index in [1.165, 1.54) is 0 Å². The molecular formula is C25H27N3O4. The molecule has 2 N–H and O–H groups in total. The summed E-state index contributed by atoms with van der Waals surface area (Å²) >= 11 is 0. The number of carbonyl (C=O) groups is 2. The van der Waals surface area contributed by atoms with Crippen molar-refractivity contribution in [1.82, 2.24) is 0 Å². The minimum absolute atomic E-state index is 0.0206. The maximum atomic E-state index is 13.0. The second-order valence-electron chi connectivity index (χ2n) is 6.93. The van der Waals surface area contributed by atoms with Crippen LogP contribution in [0.2, 0.25) is 0 Å². The predicted octanol–water partition coefficient (Wildman–Crippen LogP) is 4.42. The molecule has 0 aromatic heterocycles. The number of methoxy groups -OCH3 is 2. The Bertz CT molecular complexity index is 1070. The molecule has 0 aliphatic rings. The summed E-state index contributed by atoms with van der Waals surface area (Å²) in [6.07, 6.45) is 0. The fraction of sp³-hybridized carbons (Fsp3) is 0.200. The number of ether oxygens (including phenoxy) is 2. The zero-order valence-electron chi connectivity index (χ0n) is 18.4. The second kappa shape index (κ2) is 10.9. The third kappa shape index (κ3) is 5.57. The van der Waals surface area contributed by atoms with E-state index in [0.29, 0.717) is 35.0 Å². The summed E-state index contributed by atoms with van der Waals surface area (Å²) in [5.41, 5.74) is 2.51. The van der Waals surface area contributed by atoms with E-state index >= 15 is 0 Å². The minimum Gasteiger partial charge on any atom is -0.497 e. The van der Waals surface area contributed by atoms with Crippen molar-refractivity contribution in [3.8, 4) is 11.5 Å². The number of anilines is 3. The first-order valence-electron chi connectivity index (χ1n) is 10.3. The van der Waals surface area contributed by atoms with Gasteiger partial charge >= 0.3 is 0 Å². The highest BCUT2D eigenvalue weighted by atomic mass is 16.5. The highest BCUT2D eigenvalue weighted by Crippen LogP contribution is 2.28. The number of carbonyl (C=O) groups excluding carboxylic acids is 2. The SMILES string of the molecule is CCN(C(=O)c1cccc(NC(=O)CNc2cc(OC)ccc2OC)c1)c1ccccc1. The molecule has 0 spiro atoms. The fourth-order valence-electron chi connectivity index (χ4n) is 3.27. The predicted molar refractivity (Wildman–Crippen MR) is 127 cm³/mol. The monoisotopic (exact) mass is 433 g/mol. The van der Waals surface area contributed by atoms with Crippen LogP contribution in [0.3, 0.4) is 0 Å². The van der Waals surface area contributed by atoms with E-state index in [1.54, 1.807) is 61.6 Å². The van der Waals surface area contributed by atoms with E-state index in [-0.39, 0.29) is 18.4 Å². The summed E-state index contributed by atoms with van der Waals surface area (Å²) in [4.78, 5) is 27.2. The molecule has 0 aliphatic carbocycles. The van der Waals surface area contributed by atoms with Gasteiger partial charge in [-0.25, -0.2) is 0 Å². The molecule has 0 radical (unpaired) electrons. The average molecular weight is 434 g/mol. The Hall–Kier alpha value is -4.00. The number of nitrogens with zero attached hydrogens (tertiary/aromatic N) is 1. The summed E-state index contributed by atoms with van der Waals surface area (Å²) in [6, 6.07) is 21.7. The van der Waals surface area contributed by atoms with Crippen LogP contribution in [-0.4, -0.2) is 39.1 Å². The Morgan fingerprint density at radius 1 is 0.906 bits per heavy atom. The van der Waals surface area contributed by atoms with Crippen LogP contribution in [0.4, 0.5) is 17.1 Å². The molecule has 166 valence electrons. The molecule has 0 fully saturated rings. The summed E-state index contributed by atoms with van der Waals surface area (Å²) in [5.74, 6) is 0.870. The first kappa shape index (κ1) is 22.7. The maximum Gasteiger partial charge on any atom is 0.258 e. The van der Waals surface area contributed by atoms with Crippen molar-refractivity contribution in [1.29, 1.82) is 0 Å². The Balaban J connectivity index is 1.67. The number of rotatable bonds is 9. The largest absolute Gasteiger partial charge is 0.497 e. The van der Waals surface area contributed by atoms with Crippen molar-refractivity contribution in [2.24, 2.45) is 0 Å². The van der Waals surface area contributed by atoms with Crippen molar-refractivity contribution in [2.45, 2.75) is 6.92 Å². The number of hydrogen-bond acceptors (Lipinski definition) is 5. The Morgan fingerprint density at radius 3 is 2.38 bits per heavy atom. The van der Waals surface area contributed by atoms with Crippen LogP contribution < -0.4 is 25.0 Å². The summed E-state index contributed by atoms with van der Waals surface area (Å²) in [5, 5.41) is 5.88. The summed E-state index contributed by atoms with van der Waals surface area (Å²) in [6.45, 7) is 2.48. The van der Waals surface area contributed by atoms with E-state index < -0.39 is 0 Å². The average Bonchev–Trinajstić information content (AvgIpc) is 2.83. The van der Waals surface area contributed by atoms with Gasteiger partial charge in [0, 0.05) is 29.5 Å². The van der Waals surface area contributed by atoms with Crippen LogP contribution in [0, 0.1) is 0 Å². The van der Waals surface area contributed by atoms with Gasteiger partial charge in [-0.1, -0.05) is 24.3 Å². The van der Waals surface area contributed by atoms with E-state index in [1.807, 2.05) is 37.3 Å². The molecule has 0 saturated heterocycles. The van der Waals surface area contributed by atoms with Gasteiger partial charge in [0.15, 0.2) is 0 Å². The number of benzene rings is 3. The number of amides is 2. The lowest BCUT2D eigenvalue weighted by Gasteiger charge is -2.21. The van der Waals surface area contributed by atoms with Crippen molar-refractivity contribution in [3.63, 3.8) is 0 Å². The van der Waals surface area contributed by atoms with Gasteiger partial charge in [0.2, 0.25) is 5.91 Å². The Morgan fingerprint density at radius 2 is 1.69 bits per heavy atom. The third-order valence-corrected chi connectivity index (χ3v) is 4.87. The van der Waals surface area contributed by atoms with Crippen LogP contribution in [0.15, 0.2) is 72.8 Å². The van der Waals surface area contributed by atoms with Crippen LogP contribution >= 0.6 is 0 Å². The minimum atomic E-state index is -0.255. The van der Waals surface area contributed by atoms with Crippen LogP contribution in [-0.2, 0) is 4.79 Å². The van der Waals surface area contributed by atoms with Crippen molar-refractivity contribution < 1.29 is 19.1 Å². The second-order valence-corrected chi connectivity index (χ2v) is 6.93. The number of hydrogen-bond donors (Lipinski definition) is 2. The van der Waals surface area contributed by atoms with Crippen molar-refractivity contribution in [3.05, 3.63) is 78.4 Å². The standard InChI is InChI=1S/C25H27N3O4/c1-4-28(20-11-6-5-7-12-20)25(30)18-9-8-10-19(15-18)27-24(29)17-26-22-16-21(31-2)13-14-23(22)32-3/h5-16,26H,4,17H2,1-3H3,(H,27,29). The third-order valence-electron chi connectivity index (χ3n) is 4.87. The highest BCUT2D eigenvalue weighted by molar-refractivity contribution is 6.07. The van der Waals surface area contributed by atoms with Gasteiger partial charge in [0.1, 0.15) is 11.5 Å². The van der Waals surface area contributed by atoms with E-state index in [9.17, 15) is 9.59 Å². The molecule has 3 aromatic rings. The normalized spacial score (nSPS) is 10.2. The molecule has 3 aromatic carbocycles. The Kier molecular flexibility index (Phi) is 7.70. The molecule has 3 rings (SSSR count). The smallest absolute Gasteiger partial charge is 0.258 e. The van der Waals surface area contributed by atoms with Crippen LogP contribution in [0.5, 0.6) is 11.5 Å². The van der Waals surface area contributed by atoms with Crippen LogP contribution in [0.1, 0.15) is 17.3 Å². The molecule has 0 saturated carbocycles. The molecular weight excluding hydrogens is 406 g/mol. The van der Waals surface area contributed by atoms with Gasteiger partial charge in [0.05, 0.1) is 26.5 Å². The molecule has 0 bridgehead atoms. The Labute approximate surface area is 188 Å². The molecule has 0 aliphatic heterocycles. The van der Waals surface area contributed by atoms with Gasteiger partial charge in [-0.3, -0.25) is 9.59 Å². The first-order valence-corrected chi connectivity index (χ1v) is 10.3. The number of nitrogens with one attached hydrogen (secondary N) is 2. The van der Waals surface area contributed by atoms with E-state index in [2.05, 4.69) is 10.6 Å². The number of para-hydroxylation sites is 1. The van der Waals surface area contributed by atoms with Gasteiger partial charge in [-0.05, 0) is 49.4 Å². The van der Waals surface area contributed by atoms with E-state index in [4.69, 9.17) is 9.47 Å². The lowest BCUT2D eigenvalue weighted by Crippen LogP contribution is -2.30. The van der Waals surface area contributed by atoms with Gasteiger partial charge in [0.25, 0.3) is 5.91 Å². The topological polar surface area (TPSA) is 79.9 Å². The molecule has 0 unspecified atom stereocenters. The van der Waals surface area contributed by atoms with Gasteiger partial charge < -0.3 is 25.0 Å². The molecule has 32 heavy (non-hydrogen) atoms. The van der Waals surface area contributed by atoms with Gasteiger partial charge in [-0.2, -0.15) is 0 Å². The molecule has 0 atom stereocenters. The summed E-state index contributed by atoms with van der Waals surface area (Å²) in [7, 11) is 3.13. The van der Waals surface area contributed by atoms with Crippen molar-refractivity contribution >= 4 is 28.9 Å². The van der Waals surface area contributed by atoms with E-state index in [0.717, 1.165) is 5.69 Å². The highest BCUT2D eigenvalue weighted by Gasteiger charge is 2.16. The molecule has 2 amide bonds. The van der Waals surface area contributed by atoms with Crippen molar-refractivity contribution in [2.75, 3.05) is 42.8 Å². The molecule has 7 heteroatoms.